The predicted molar refractivity (Wildman–Crippen MR) is 121 cm³/mol. The molecule has 0 aliphatic heterocycles. The summed E-state index contributed by atoms with van der Waals surface area (Å²) in [5.41, 5.74) is 0. The molecule has 10 heteroatoms. The molecule has 0 fully saturated rings. The van der Waals surface area contributed by atoms with Crippen molar-refractivity contribution in [3.63, 3.8) is 0 Å². The van der Waals surface area contributed by atoms with Gasteiger partial charge in [-0.1, -0.05) is 38.5 Å². The first-order valence-corrected chi connectivity index (χ1v) is 21.3. The molecule has 0 aliphatic carbocycles. The van der Waals surface area contributed by atoms with Crippen molar-refractivity contribution in [2.24, 2.45) is 0 Å². The van der Waals surface area contributed by atoms with Gasteiger partial charge in [0, 0.05) is 6.04 Å². The third-order valence-corrected chi connectivity index (χ3v) is 15.0. The molecule has 0 aromatic rings. The molecule has 0 amide bonds. The van der Waals surface area contributed by atoms with Crippen LogP contribution in [0.3, 0.4) is 0 Å². The molecule has 0 atom stereocenters. The maximum atomic E-state index is 10.1. The summed E-state index contributed by atoms with van der Waals surface area (Å²) in [6.07, 6.45) is 9.65. The van der Waals surface area contributed by atoms with Gasteiger partial charge in [0.05, 0.1) is 6.61 Å². The van der Waals surface area contributed by atoms with E-state index in [0.29, 0.717) is 6.61 Å². The Kier molecular flexibility index (Phi) is 17.3. The maximum absolute atomic E-state index is 10.1. The average Bonchev–Trinajstić information content (AvgIpc) is 2.50. The lowest BCUT2D eigenvalue weighted by Crippen LogP contribution is -2.53. The van der Waals surface area contributed by atoms with Crippen molar-refractivity contribution in [2.75, 3.05) is 6.61 Å². The number of hydrogen-bond acceptors (Lipinski definition) is 5. The van der Waals surface area contributed by atoms with Crippen molar-refractivity contribution in [3.05, 3.63) is 0 Å². The largest absolute Gasteiger partial charge is 0.468 e. The minimum absolute atomic E-state index is 0.195. The van der Waals surface area contributed by atoms with Crippen LogP contribution >= 0.6 is 8.69 Å². The van der Waals surface area contributed by atoms with Crippen molar-refractivity contribution >= 4 is 44.6 Å². The van der Waals surface area contributed by atoms with Crippen molar-refractivity contribution in [2.45, 2.75) is 96.7 Å². The SMILES string of the molecule is C[SiH](C)O[Si](CCCCCCCCCCOP=O)(O[SiH](C)C)O[SiH](C)C. The molecule has 0 saturated carbocycles. The van der Waals surface area contributed by atoms with Crippen LogP contribution < -0.4 is 0 Å². The number of hydrogen-bond donors (Lipinski definition) is 0. The van der Waals surface area contributed by atoms with Crippen LogP contribution in [0.2, 0.25) is 45.3 Å². The van der Waals surface area contributed by atoms with Crippen molar-refractivity contribution in [1.82, 2.24) is 0 Å². The smallest absolute Gasteiger partial charge is 0.420 e. The Labute approximate surface area is 169 Å². The fourth-order valence-electron chi connectivity index (χ4n) is 2.94. The minimum Gasteiger partial charge on any atom is -0.420 e. The Balaban J connectivity index is 4.09. The van der Waals surface area contributed by atoms with Gasteiger partial charge >= 0.3 is 17.5 Å². The monoisotopic (exact) mass is 456 g/mol. The van der Waals surface area contributed by atoms with Crippen LogP contribution in [0.1, 0.15) is 51.4 Å². The molecule has 156 valence electrons. The lowest BCUT2D eigenvalue weighted by Gasteiger charge is -2.35. The molecule has 0 N–H and O–H groups in total. The van der Waals surface area contributed by atoms with Crippen molar-refractivity contribution in [1.29, 1.82) is 0 Å². The average molecular weight is 457 g/mol. The van der Waals surface area contributed by atoms with Crippen LogP contribution in [0.25, 0.3) is 0 Å². The first-order chi connectivity index (χ1) is 12.3. The first kappa shape index (κ1) is 26.8. The number of unbranched alkanes of at least 4 members (excludes halogenated alkanes) is 7. The molecule has 5 nitrogen and oxygen atoms in total. The normalized spacial score (nSPS) is 12.8. The van der Waals surface area contributed by atoms with E-state index in [-0.39, 0.29) is 8.69 Å². The van der Waals surface area contributed by atoms with Gasteiger partial charge in [0.1, 0.15) is 0 Å². The molecule has 0 spiro atoms. The van der Waals surface area contributed by atoms with E-state index in [1.807, 2.05) is 0 Å². The summed E-state index contributed by atoms with van der Waals surface area (Å²) < 4.78 is 34.2. The van der Waals surface area contributed by atoms with Gasteiger partial charge in [-0.05, 0) is 52.1 Å². The summed E-state index contributed by atoms with van der Waals surface area (Å²) in [6.45, 7) is 13.9. The first-order valence-electron chi connectivity index (χ1n) is 10.3. The molecule has 0 aromatic heterocycles. The van der Waals surface area contributed by atoms with Crippen LogP contribution in [-0.4, -0.2) is 42.5 Å². The van der Waals surface area contributed by atoms with E-state index in [4.69, 9.17) is 16.9 Å². The molecule has 0 heterocycles. The van der Waals surface area contributed by atoms with E-state index in [9.17, 15) is 4.57 Å². The van der Waals surface area contributed by atoms with Crippen molar-refractivity contribution < 1.29 is 21.4 Å². The van der Waals surface area contributed by atoms with Gasteiger partial charge < -0.3 is 12.3 Å². The van der Waals surface area contributed by atoms with Gasteiger partial charge in [0.2, 0.25) is 0 Å². The molecule has 0 aromatic carbocycles. The lowest BCUT2D eigenvalue weighted by atomic mass is 10.1. The highest BCUT2D eigenvalue weighted by atomic mass is 31.1. The molecule has 0 rings (SSSR count). The fraction of sp³-hybridized carbons (Fsp3) is 1.00. The second-order valence-corrected chi connectivity index (χ2v) is 19.1. The lowest BCUT2D eigenvalue weighted by molar-refractivity contribution is 0.266. The molecular formula is C16H41O5PSi4. The number of rotatable bonds is 18. The van der Waals surface area contributed by atoms with Gasteiger partial charge in [-0.3, -0.25) is 4.52 Å². The molecule has 26 heavy (non-hydrogen) atoms. The van der Waals surface area contributed by atoms with Gasteiger partial charge in [0.15, 0.2) is 27.1 Å². The summed E-state index contributed by atoms with van der Waals surface area (Å²) in [5.74, 6) is 0. The van der Waals surface area contributed by atoms with Crippen molar-refractivity contribution in [3.8, 4) is 0 Å². The van der Waals surface area contributed by atoms with E-state index < -0.39 is 35.9 Å². The van der Waals surface area contributed by atoms with Crippen LogP contribution in [0.5, 0.6) is 0 Å². The highest BCUT2D eigenvalue weighted by molar-refractivity contribution is 7.17. The Bertz CT molecular complexity index is 322. The van der Waals surface area contributed by atoms with Crippen LogP contribution in [0.4, 0.5) is 0 Å². The fourth-order valence-corrected chi connectivity index (χ4v) is 16.0. The highest BCUT2D eigenvalue weighted by Crippen LogP contribution is 2.23. The van der Waals surface area contributed by atoms with Crippen LogP contribution in [-0.2, 0) is 21.4 Å². The van der Waals surface area contributed by atoms with Crippen LogP contribution in [0.15, 0.2) is 0 Å². The topological polar surface area (TPSA) is 54.0 Å². The van der Waals surface area contributed by atoms with Gasteiger partial charge in [-0.2, -0.15) is 0 Å². The Morgan fingerprint density at radius 2 is 1.04 bits per heavy atom. The van der Waals surface area contributed by atoms with Gasteiger partial charge in [-0.15, -0.1) is 0 Å². The maximum Gasteiger partial charge on any atom is 0.468 e. The summed E-state index contributed by atoms with van der Waals surface area (Å²) in [7, 11) is -6.15. The predicted octanol–water partition coefficient (Wildman–Crippen LogP) is 5.27. The van der Waals surface area contributed by atoms with E-state index in [1.54, 1.807) is 0 Å². The summed E-state index contributed by atoms with van der Waals surface area (Å²) in [6, 6.07) is 1.00. The second-order valence-electron chi connectivity index (χ2n) is 7.67. The molecule has 0 unspecified atom stereocenters. The standard InChI is InChI=1S/C16H41O5PSi4/c1-23(2)19-26(20-24(3)4,21-25(5)6)16-14-12-10-8-7-9-11-13-15-18-22-17/h23-25H,7-16H2,1-6H3. The Morgan fingerprint density at radius 3 is 1.42 bits per heavy atom. The quantitative estimate of drug-likeness (QED) is 0.160. The molecule has 0 saturated heterocycles. The third-order valence-electron chi connectivity index (χ3n) is 3.77. The molecular weight excluding hydrogens is 415 g/mol. The zero-order chi connectivity index (χ0) is 19.8. The third kappa shape index (κ3) is 15.8. The minimum atomic E-state index is -2.43. The van der Waals surface area contributed by atoms with E-state index in [2.05, 4.69) is 39.3 Å². The molecule has 0 aliphatic rings. The summed E-state index contributed by atoms with van der Waals surface area (Å²) in [4.78, 5) is 0. The summed E-state index contributed by atoms with van der Waals surface area (Å²) in [5, 5.41) is 0. The molecule has 0 bridgehead atoms. The van der Waals surface area contributed by atoms with Gasteiger partial charge in [-0.25, -0.2) is 4.57 Å². The van der Waals surface area contributed by atoms with E-state index in [1.165, 1.54) is 32.1 Å². The zero-order valence-electron chi connectivity index (χ0n) is 17.8. The molecule has 0 radical (unpaired) electrons. The Hall–Kier alpha value is 0.808. The van der Waals surface area contributed by atoms with E-state index in [0.717, 1.165) is 25.3 Å². The zero-order valence-corrected chi connectivity index (χ0v) is 23.2. The highest BCUT2D eigenvalue weighted by Gasteiger charge is 2.42. The summed E-state index contributed by atoms with van der Waals surface area (Å²) >= 11 is 0. The van der Waals surface area contributed by atoms with Gasteiger partial charge in [0.25, 0.3) is 0 Å². The van der Waals surface area contributed by atoms with E-state index >= 15 is 0 Å². The second kappa shape index (κ2) is 16.7. The Morgan fingerprint density at radius 1 is 0.654 bits per heavy atom. The van der Waals surface area contributed by atoms with Crippen LogP contribution in [0, 0.1) is 0 Å².